The van der Waals surface area contributed by atoms with Gasteiger partial charge >= 0.3 is 0 Å². The van der Waals surface area contributed by atoms with Crippen LogP contribution in [0.4, 0.5) is 5.82 Å². The van der Waals surface area contributed by atoms with Crippen LogP contribution in [0.3, 0.4) is 0 Å². The summed E-state index contributed by atoms with van der Waals surface area (Å²) in [6.45, 7) is 4.28. The van der Waals surface area contributed by atoms with Gasteiger partial charge in [-0.25, -0.2) is 4.98 Å². The number of nitrogens with one attached hydrogen (secondary N) is 1. The maximum Gasteiger partial charge on any atom is 0.274 e. The molecule has 1 atom stereocenters. The van der Waals surface area contributed by atoms with E-state index in [2.05, 4.69) is 22.2 Å². The number of aliphatic hydroxyl groups excluding tert-OH is 1. The number of aliphatic hydroxyl groups is 1. The predicted octanol–water partition coefficient (Wildman–Crippen LogP) is 0.753. The number of likely N-dealkylation sites (tertiary alicyclic amines) is 1. The van der Waals surface area contributed by atoms with Gasteiger partial charge in [0.05, 0.1) is 12.4 Å². The highest BCUT2D eigenvalue weighted by Gasteiger charge is 2.27. The first-order chi connectivity index (χ1) is 9.24. The third kappa shape index (κ3) is 3.41. The smallest absolute Gasteiger partial charge is 0.274 e. The second-order valence-electron chi connectivity index (χ2n) is 4.80. The Bertz CT molecular complexity index is 438. The number of amides is 1. The molecule has 2 rings (SSSR count). The van der Waals surface area contributed by atoms with Crippen LogP contribution in [-0.4, -0.2) is 52.1 Å². The first kappa shape index (κ1) is 13.7. The van der Waals surface area contributed by atoms with E-state index >= 15 is 0 Å². The summed E-state index contributed by atoms with van der Waals surface area (Å²) in [5.74, 6) is 0.715. The van der Waals surface area contributed by atoms with E-state index in [0.717, 1.165) is 19.4 Å². The minimum absolute atomic E-state index is 0.108. The molecule has 6 nitrogen and oxygen atoms in total. The summed E-state index contributed by atoms with van der Waals surface area (Å²) in [6.07, 6.45) is 4.95. The Morgan fingerprint density at radius 2 is 2.42 bits per heavy atom. The van der Waals surface area contributed by atoms with Crippen molar-refractivity contribution in [2.75, 3.05) is 31.6 Å². The Kier molecular flexibility index (Phi) is 4.68. The number of carbonyl (C=O) groups is 1. The molecule has 2 heterocycles. The van der Waals surface area contributed by atoms with E-state index in [1.54, 1.807) is 11.1 Å². The monoisotopic (exact) mass is 264 g/mol. The van der Waals surface area contributed by atoms with Gasteiger partial charge in [-0.15, -0.1) is 0 Å². The molecule has 0 aromatic carbocycles. The number of hydrogen-bond acceptors (Lipinski definition) is 5. The van der Waals surface area contributed by atoms with Gasteiger partial charge in [-0.3, -0.25) is 9.78 Å². The van der Waals surface area contributed by atoms with Crippen LogP contribution in [0.25, 0.3) is 0 Å². The average Bonchev–Trinajstić information content (AvgIpc) is 2.93. The van der Waals surface area contributed by atoms with Crippen molar-refractivity contribution in [3.05, 3.63) is 18.1 Å². The Morgan fingerprint density at radius 1 is 1.58 bits per heavy atom. The van der Waals surface area contributed by atoms with Crippen molar-refractivity contribution in [3.8, 4) is 0 Å². The van der Waals surface area contributed by atoms with E-state index in [-0.39, 0.29) is 18.4 Å². The van der Waals surface area contributed by atoms with Crippen LogP contribution in [0.2, 0.25) is 0 Å². The summed E-state index contributed by atoms with van der Waals surface area (Å²) >= 11 is 0. The lowest BCUT2D eigenvalue weighted by molar-refractivity contribution is 0.0775. The zero-order valence-electron chi connectivity index (χ0n) is 11.2. The molecule has 0 bridgehead atoms. The molecule has 104 valence electrons. The van der Waals surface area contributed by atoms with Crippen molar-refractivity contribution in [1.82, 2.24) is 14.9 Å². The van der Waals surface area contributed by atoms with E-state index in [9.17, 15) is 4.79 Å². The average molecular weight is 264 g/mol. The third-order valence-corrected chi connectivity index (χ3v) is 3.24. The zero-order chi connectivity index (χ0) is 13.7. The maximum atomic E-state index is 12.2. The topological polar surface area (TPSA) is 78.4 Å². The van der Waals surface area contributed by atoms with Crippen LogP contribution in [0.15, 0.2) is 12.4 Å². The van der Waals surface area contributed by atoms with Crippen LogP contribution in [-0.2, 0) is 0 Å². The van der Waals surface area contributed by atoms with Gasteiger partial charge in [0.2, 0.25) is 0 Å². The Balaban J connectivity index is 2.02. The van der Waals surface area contributed by atoms with E-state index in [1.807, 2.05) is 0 Å². The van der Waals surface area contributed by atoms with Gasteiger partial charge in [-0.2, -0.15) is 0 Å². The number of aromatic nitrogens is 2. The normalized spacial score (nSPS) is 18.6. The van der Waals surface area contributed by atoms with Crippen molar-refractivity contribution in [3.63, 3.8) is 0 Å². The van der Waals surface area contributed by atoms with Gasteiger partial charge in [0.15, 0.2) is 0 Å². The SMILES string of the molecule is CCCNc1cncc(C(=O)N2CCC(CO)C2)n1. The van der Waals surface area contributed by atoms with Gasteiger partial charge in [0, 0.05) is 32.2 Å². The van der Waals surface area contributed by atoms with Crippen LogP contribution >= 0.6 is 0 Å². The van der Waals surface area contributed by atoms with E-state index in [0.29, 0.717) is 24.6 Å². The number of rotatable bonds is 5. The minimum atomic E-state index is -0.108. The molecule has 6 heteroatoms. The molecule has 1 saturated heterocycles. The second-order valence-corrected chi connectivity index (χ2v) is 4.80. The quantitative estimate of drug-likeness (QED) is 0.820. The van der Waals surface area contributed by atoms with Gasteiger partial charge in [-0.05, 0) is 12.8 Å². The lowest BCUT2D eigenvalue weighted by Gasteiger charge is -2.15. The molecule has 19 heavy (non-hydrogen) atoms. The van der Waals surface area contributed by atoms with E-state index in [1.165, 1.54) is 6.20 Å². The lowest BCUT2D eigenvalue weighted by atomic mass is 10.1. The molecule has 0 aliphatic carbocycles. The van der Waals surface area contributed by atoms with Crippen LogP contribution in [0.1, 0.15) is 30.3 Å². The summed E-state index contributed by atoms with van der Waals surface area (Å²) in [7, 11) is 0. The summed E-state index contributed by atoms with van der Waals surface area (Å²) in [5.41, 5.74) is 0.361. The van der Waals surface area contributed by atoms with Gasteiger partial charge in [-0.1, -0.05) is 6.92 Å². The number of anilines is 1. The van der Waals surface area contributed by atoms with Gasteiger partial charge in [0.25, 0.3) is 5.91 Å². The maximum absolute atomic E-state index is 12.2. The first-order valence-electron chi connectivity index (χ1n) is 6.70. The molecule has 1 aliphatic rings. The molecule has 1 aromatic heterocycles. The highest BCUT2D eigenvalue weighted by atomic mass is 16.3. The molecule has 0 spiro atoms. The largest absolute Gasteiger partial charge is 0.396 e. The highest BCUT2D eigenvalue weighted by molar-refractivity contribution is 5.92. The molecular formula is C13H20N4O2. The fraction of sp³-hybridized carbons (Fsp3) is 0.615. The molecule has 1 unspecified atom stereocenters. The second kappa shape index (κ2) is 6.47. The van der Waals surface area contributed by atoms with E-state index in [4.69, 9.17) is 5.11 Å². The van der Waals surface area contributed by atoms with Crippen molar-refractivity contribution in [2.24, 2.45) is 5.92 Å². The fourth-order valence-electron chi connectivity index (χ4n) is 2.14. The van der Waals surface area contributed by atoms with Crippen LogP contribution in [0, 0.1) is 5.92 Å². The van der Waals surface area contributed by atoms with Crippen LogP contribution < -0.4 is 5.32 Å². The molecule has 2 N–H and O–H groups in total. The van der Waals surface area contributed by atoms with E-state index < -0.39 is 0 Å². The van der Waals surface area contributed by atoms with Gasteiger partial charge in [0.1, 0.15) is 11.5 Å². The number of carbonyl (C=O) groups excluding carboxylic acids is 1. The van der Waals surface area contributed by atoms with Crippen molar-refractivity contribution < 1.29 is 9.90 Å². The number of hydrogen-bond donors (Lipinski definition) is 2. The number of nitrogens with zero attached hydrogens (tertiary/aromatic N) is 3. The van der Waals surface area contributed by atoms with Crippen molar-refractivity contribution in [2.45, 2.75) is 19.8 Å². The molecule has 1 aliphatic heterocycles. The molecule has 0 radical (unpaired) electrons. The summed E-state index contributed by atoms with van der Waals surface area (Å²) < 4.78 is 0. The lowest BCUT2D eigenvalue weighted by Crippen LogP contribution is -2.30. The summed E-state index contributed by atoms with van der Waals surface area (Å²) in [5, 5.41) is 12.2. The Labute approximate surface area is 112 Å². The molecule has 0 saturated carbocycles. The Hall–Kier alpha value is -1.69. The zero-order valence-corrected chi connectivity index (χ0v) is 11.2. The van der Waals surface area contributed by atoms with Crippen molar-refractivity contribution >= 4 is 11.7 Å². The Morgan fingerprint density at radius 3 is 3.11 bits per heavy atom. The summed E-state index contributed by atoms with van der Waals surface area (Å²) in [6, 6.07) is 0. The van der Waals surface area contributed by atoms with Gasteiger partial charge < -0.3 is 15.3 Å². The highest BCUT2D eigenvalue weighted by Crippen LogP contribution is 2.17. The fourth-order valence-corrected chi connectivity index (χ4v) is 2.14. The van der Waals surface area contributed by atoms with Crippen molar-refractivity contribution in [1.29, 1.82) is 0 Å². The standard InChI is InChI=1S/C13H20N4O2/c1-2-4-15-12-7-14-6-11(16-12)13(19)17-5-3-10(8-17)9-18/h6-7,10,18H,2-5,8-9H2,1H3,(H,15,16). The first-order valence-corrected chi connectivity index (χ1v) is 6.70. The molecule has 1 amide bonds. The summed E-state index contributed by atoms with van der Waals surface area (Å²) in [4.78, 5) is 22.3. The molecule has 1 aromatic rings. The predicted molar refractivity (Wildman–Crippen MR) is 71.9 cm³/mol. The molecular weight excluding hydrogens is 244 g/mol. The minimum Gasteiger partial charge on any atom is -0.396 e. The van der Waals surface area contributed by atoms with Crippen LogP contribution in [0.5, 0.6) is 0 Å². The third-order valence-electron chi connectivity index (χ3n) is 3.24. The molecule has 1 fully saturated rings.